The van der Waals surface area contributed by atoms with Gasteiger partial charge in [-0.25, -0.2) is 4.79 Å². The first-order chi connectivity index (χ1) is 18.1. The number of urea groups is 1. The summed E-state index contributed by atoms with van der Waals surface area (Å²) in [5.74, 6) is 0.577. The molecule has 200 valence electrons. The number of amides is 3. The van der Waals surface area contributed by atoms with Crippen LogP contribution in [0, 0.1) is 0 Å². The average molecular weight is 536 g/mol. The summed E-state index contributed by atoms with van der Waals surface area (Å²) in [6.45, 7) is 6.95. The fourth-order valence-corrected chi connectivity index (χ4v) is 4.99. The predicted octanol–water partition coefficient (Wildman–Crippen LogP) is 5.30. The van der Waals surface area contributed by atoms with E-state index < -0.39 is 5.54 Å². The van der Waals surface area contributed by atoms with E-state index in [-0.39, 0.29) is 23.9 Å². The molecule has 0 spiro atoms. The molecule has 2 aromatic carbocycles. The Kier molecular flexibility index (Phi) is 8.42. The van der Waals surface area contributed by atoms with E-state index in [1.54, 1.807) is 37.6 Å². The number of carbonyl (C=O) groups excluding carboxylic acids is 2. The van der Waals surface area contributed by atoms with Gasteiger partial charge in [-0.2, -0.15) is 0 Å². The number of piperidine rings is 1. The van der Waals surface area contributed by atoms with E-state index in [4.69, 9.17) is 16.3 Å². The number of aromatic nitrogens is 1. The molecule has 2 heterocycles. The van der Waals surface area contributed by atoms with Gasteiger partial charge < -0.3 is 25.6 Å². The second-order valence-corrected chi connectivity index (χ2v) is 10.5. The molecule has 4 rings (SSSR count). The largest absolute Gasteiger partial charge is 0.495 e. The highest BCUT2D eigenvalue weighted by molar-refractivity contribution is 6.30. The molecule has 8 nitrogen and oxygen atoms in total. The summed E-state index contributed by atoms with van der Waals surface area (Å²) in [5.41, 5.74) is 3.20. The number of hydrogen-bond acceptors (Lipinski definition) is 5. The molecule has 3 N–H and O–H groups in total. The van der Waals surface area contributed by atoms with Crippen molar-refractivity contribution in [2.24, 2.45) is 0 Å². The van der Waals surface area contributed by atoms with Gasteiger partial charge in [0.15, 0.2) is 0 Å². The van der Waals surface area contributed by atoms with Gasteiger partial charge in [-0.15, -0.1) is 0 Å². The summed E-state index contributed by atoms with van der Waals surface area (Å²) in [7, 11) is 1.61. The first-order valence-corrected chi connectivity index (χ1v) is 13.0. The normalized spacial score (nSPS) is 17.4. The van der Waals surface area contributed by atoms with Crippen LogP contribution in [0.2, 0.25) is 5.02 Å². The lowest BCUT2D eigenvalue weighted by atomic mass is 9.88. The van der Waals surface area contributed by atoms with E-state index in [1.165, 1.54) is 6.92 Å². The number of ether oxygens (including phenoxy) is 1. The van der Waals surface area contributed by atoms with Crippen LogP contribution in [0.5, 0.6) is 5.75 Å². The van der Waals surface area contributed by atoms with Crippen LogP contribution in [-0.4, -0.2) is 43.2 Å². The van der Waals surface area contributed by atoms with E-state index in [0.29, 0.717) is 23.0 Å². The number of pyridine rings is 1. The van der Waals surface area contributed by atoms with Crippen LogP contribution in [0.4, 0.5) is 16.2 Å². The molecule has 2 atom stereocenters. The molecule has 0 saturated carbocycles. The van der Waals surface area contributed by atoms with Crippen molar-refractivity contribution in [1.29, 1.82) is 0 Å². The van der Waals surface area contributed by atoms with E-state index >= 15 is 0 Å². The van der Waals surface area contributed by atoms with Gasteiger partial charge in [0.05, 0.1) is 18.8 Å². The van der Waals surface area contributed by atoms with Crippen molar-refractivity contribution >= 4 is 34.9 Å². The molecule has 9 heteroatoms. The number of hydrogen-bond donors (Lipinski definition) is 3. The molecule has 0 radical (unpaired) electrons. The maximum absolute atomic E-state index is 12.9. The number of nitrogens with zero attached hydrogens (tertiary/aromatic N) is 2. The molecule has 3 aromatic rings. The summed E-state index contributed by atoms with van der Waals surface area (Å²) in [6.07, 6.45) is 2.45. The van der Waals surface area contributed by atoms with Crippen LogP contribution < -0.4 is 25.6 Å². The minimum absolute atomic E-state index is 0.0406. The average Bonchev–Trinajstić information content (AvgIpc) is 2.90. The maximum Gasteiger partial charge on any atom is 0.319 e. The third-order valence-corrected chi connectivity index (χ3v) is 7.10. The fraction of sp³-hybridized carbons (Fsp3) is 0.345. The number of anilines is 2. The van der Waals surface area contributed by atoms with Crippen LogP contribution in [-0.2, 0) is 10.3 Å². The fourth-order valence-electron chi connectivity index (χ4n) is 4.86. The summed E-state index contributed by atoms with van der Waals surface area (Å²) in [5, 5.41) is 9.65. The Bertz CT molecular complexity index is 1250. The van der Waals surface area contributed by atoms with Crippen molar-refractivity contribution < 1.29 is 14.3 Å². The van der Waals surface area contributed by atoms with Crippen LogP contribution in [0.3, 0.4) is 0 Å². The van der Waals surface area contributed by atoms with E-state index in [0.717, 1.165) is 29.9 Å². The van der Waals surface area contributed by atoms with Crippen LogP contribution in [0.25, 0.3) is 0 Å². The highest BCUT2D eigenvalue weighted by Gasteiger charge is 2.33. The Hall–Kier alpha value is -3.78. The highest BCUT2D eigenvalue weighted by Crippen LogP contribution is 2.32. The zero-order chi connectivity index (χ0) is 27.3. The Labute approximate surface area is 228 Å². The van der Waals surface area contributed by atoms with Gasteiger partial charge in [-0.1, -0.05) is 23.7 Å². The molecular weight excluding hydrogens is 502 g/mol. The molecule has 3 amide bonds. The Balaban J connectivity index is 1.51. The van der Waals surface area contributed by atoms with Gasteiger partial charge in [0, 0.05) is 54.1 Å². The molecule has 1 aliphatic heterocycles. The zero-order valence-corrected chi connectivity index (χ0v) is 22.9. The summed E-state index contributed by atoms with van der Waals surface area (Å²) < 4.78 is 5.29. The number of methoxy groups -OCH3 is 1. The topological polar surface area (TPSA) is 95.6 Å². The Morgan fingerprint density at radius 2 is 1.76 bits per heavy atom. The Morgan fingerprint density at radius 1 is 1.05 bits per heavy atom. The van der Waals surface area contributed by atoms with Crippen molar-refractivity contribution in [2.45, 2.75) is 44.7 Å². The molecule has 0 bridgehead atoms. The lowest BCUT2D eigenvalue weighted by Gasteiger charge is -2.40. The second-order valence-electron chi connectivity index (χ2n) is 10.0. The van der Waals surface area contributed by atoms with Gasteiger partial charge in [-0.3, -0.25) is 9.78 Å². The molecular formula is C29H34ClN5O3. The molecule has 1 aromatic heterocycles. The van der Waals surface area contributed by atoms with Crippen molar-refractivity contribution in [3.05, 3.63) is 83.1 Å². The monoisotopic (exact) mass is 535 g/mol. The number of halogens is 1. The molecule has 38 heavy (non-hydrogen) atoms. The standard InChI is InChI=1S/C29H34ClN5O3/c1-19(36)34-29(2,3)20-5-11-23(12-6-20)35-16-15-27(25(18-35)26-14-13-24(38-4)17-31-26)33-28(37)32-22-9-7-21(30)8-10-22/h5-14,17,25,27H,15-16,18H2,1-4H3,(H,34,36)(H2,32,33,37). The van der Waals surface area contributed by atoms with Crippen molar-refractivity contribution in [1.82, 2.24) is 15.6 Å². The number of benzene rings is 2. The number of rotatable bonds is 7. The smallest absolute Gasteiger partial charge is 0.319 e. The molecule has 1 aliphatic rings. The number of carbonyl (C=O) groups is 2. The predicted molar refractivity (Wildman–Crippen MR) is 151 cm³/mol. The van der Waals surface area contributed by atoms with E-state index in [1.807, 2.05) is 26.0 Å². The van der Waals surface area contributed by atoms with Crippen molar-refractivity contribution in [3.8, 4) is 5.75 Å². The van der Waals surface area contributed by atoms with E-state index in [9.17, 15) is 9.59 Å². The van der Waals surface area contributed by atoms with Crippen LogP contribution in [0.15, 0.2) is 66.9 Å². The van der Waals surface area contributed by atoms with E-state index in [2.05, 4.69) is 50.1 Å². The zero-order valence-electron chi connectivity index (χ0n) is 22.1. The molecule has 1 fully saturated rings. The minimum Gasteiger partial charge on any atom is -0.495 e. The van der Waals surface area contributed by atoms with Gasteiger partial charge in [-0.05, 0) is 74.4 Å². The van der Waals surface area contributed by atoms with Gasteiger partial charge in [0.1, 0.15) is 5.75 Å². The molecule has 2 unspecified atom stereocenters. The minimum atomic E-state index is -0.464. The SMILES string of the molecule is COc1ccc(C2CN(c3ccc(C(C)(C)NC(C)=O)cc3)CCC2NC(=O)Nc2ccc(Cl)cc2)nc1. The van der Waals surface area contributed by atoms with Crippen molar-refractivity contribution in [3.63, 3.8) is 0 Å². The van der Waals surface area contributed by atoms with Gasteiger partial charge in [0.25, 0.3) is 0 Å². The quantitative estimate of drug-likeness (QED) is 0.381. The molecule has 1 saturated heterocycles. The van der Waals surface area contributed by atoms with Crippen molar-refractivity contribution in [2.75, 3.05) is 30.4 Å². The Morgan fingerprint density at radius 3 is 2.37 bits per heavy atom. The highest BCUT2D eigenvalue weighted by atomic mass is 35.5. The third-order valence-electron chi connectivity index (χ3n) is 6.85. The lowest BCUT2D eigenvalue weighted by molar-refractivity contribution is -0.120. The van der Waals surface area contributed by atoms with Gasteiger partial charge >= 0.3 is 6.03 Å². The van der Waals surface area contributed by atoms with Gasteiger partial charge in [0.2, 0.25) is 5.91 Å². The first kappa shape index (κ1) is 27.3. The van der Waals surface area contributed by atoms with Crippen LogP contribution in [0.1, 0.15) is 44.4 Å². The van der Waals surface area contributed by atoms with Crippen LogP contribution >= 0.6 is 11.6 Å². The lowest BCUT2D eigenvalue weighted by Crippen LogP contribution is -2.51. The second kappa shape index (κ2) is 11.7. The summed E-state index contributed by atoms with van der Waals surface area (Å²) in [6, 6.07) is 18.7. The first-order valence-electron chi connectivity index (χ1n) is 12.6. The summed E-state index contributed by atoms with van der Waals surface area (Å²) in [4.78, 5) is 31.4. The third kappa shape index (κ3) is 6.75. The molecule has 0 aliphatic carbocycles. The number of nitrogens with one attached hydrogen (secondary N) is 3. The summed E-state index contributed by atoms with van der Waals surface area (Å²) >= 11 is 5.96. The maximum atomic E-state index is 12.9.